The number of nitrogens with one attached hydrogen (secondary N) is 2. The molecule has 51 heavy (non-hydrogen) atoms. The second-order valence-corrected chi connectivity index (χ2v) is 13.0. The Morgan fingerprint density at radius 1 is 0.765 bits per heavy atom. The molecule has 0 saturated carbocycles. The number of carbonyl (C=O) groups is 4. The first kappa shape index (κ1) is 35.9. The fraction of sp³-hybridized carbons (Fsp3) is 0.263. The molecule has 3 N–H and O–H groups in total. The lowest BCUT2D eigenvalue weighted by molar-refractivity contribution is -0.139. The molecule has 2 unspecified atom stereocenters. The van der Waals surface area contributed by atoms with Gasteiger partial charge >= 0.3 is 5.97 Å². The van der Waals surface area contributed by atoms with E-state index in [0.29, 0.717) is 52.6 Å². The number of benzene rings is 4. The van der Waals surface area contributed by atoms with Crippen LogP contribution in [-0.4, -0.2) is 80.7 Å². The van der Waals surface area contributed by atoms with E-state index in [1.807, 2.05) is 66.7 Å². The van der Waals surface area contributed by atoms with Gasteiger partial charge in [-0.25, -0.2) is 0 Å². The van der Waals surface area contributed by atoms with Crippen molar-refractivity contribution in [2.75, 3.05) is 49.2 Å². The first-order valence-corrected chi connectivity index (χ1v) is 17.2. The molecule has 0 fully saturated rings. The molecule has 4 aromatic rings. The van der Waals surface area contributed by atoms with Gasteiger partial charge in [0.05, 0.1) is 27.5 Å². The van der Waals surface area contributed by atoms with Crippen molar-refractivity contribution in [1.29, 1.82) is 0 Å². The smallest absolute Gasteiger partial charge is 0.320 e. The van der Waals surface area contributed by atoms with E-state index < -0.39 is 12.0 Å². The average molecular weight is 732 g/mol. The Morgan fingerprint density at radius 2 is 1.22 bits per heavy atom. The molecule has 4 aromatic carbocycles. The SMILES string of the molecule is CC(C=O)NCCN1C(=O)COc2cc(-c3cccc(-c4cccc(-c5ccc6c(c5)OCC(=O)N6CCNC(C)C(=O)O)c4Cl)c3Cl)ccc21. The Balaban J connectivity index is 1.26. The minimum atomic E-state index is -0.966. The van der Waals surface area contributed by atoms with Crippen molar-refractivity contribution in [2.24, 2.45) is 0 Å². The monoisotopic (exact) mass is 730 g/mol. The van der Waals surface area contributed by atoms with Gasteiger partial charge in [0.1, 0.15) is 23.8 Å². The van der Waals surface area contributed by atoms with Gasteiger partial charge in [-0.3, -0.25) is 14.4 Å². The number of rotatable bonds is 13. The molecular weight excluding hydrogens is 695 g/mol. The Hall–Kier alpha value is -4.94. The zero-order valence-corrected chi connectivity index (χ0v) is 29.5. The molecule has 13 heteroatoms. The van der Waals surface area contributed by atoms with Crippen molar-refractivity contribution < 1.29 is 33.8 Å². The summed E-state index contributed by atoms with van der Waals surface area (Å²) in [5.41, 5.74) is 5.75. The molecule has 2 atom stereocenters. The Kier molecular flexibility index (Phi) is 10.9. The quantitative estimate of drug-likeness (QED) is 0.148. The highest BCUT2D eigenvalue weighted by Crippen LogP contribution is 2.45. The van der Waals surface area contributed by atoms with Crippen molar-refractivity contribution in [3.63, 3.8) is 0 Å². The topological polar surface area (TPSA) is 138 Å². The van der Waals surface area contributed by atoms with Crippen LogP contribution < -0.4 is 29.9 Å². The number of anilines is 2. The summed E-state index contributed by atoms with van der Waals surface area (Å²) in [5.74, 6) is -0.280. The van der Waals surface area contributed by atoms with Gasteiger partial charge in [0.15, 0.2) is 13.2 Å². The Labute approximate surface area is 305 Å². The molecule has 264 valence electrons. The predicted molar refractivity (Wildman–Crippen MR) is 197 cm³/mol. The summed E-state index contributed by atoms with van der Waals surface area (Å²) in [6, 6.07) is 21.5. The number of aliphatic carboxylic acids is 1. The summed E-state index contributed by atoms with van der Waals surface area (Å²) < 4.78 is 11.6. The number of nitrogens with zero attached hydrogens (tertiary/aromatic N) is 2. The van der Waals surface area contributed by atoms with Crippen LogP contribution >= 0.6 is 23.2 Å². The van der Waals surface area contributed by atoms with Gasteiger partial charge in [0.2, 0.25) is 0 Å². The van der Waals surface area contributed by atoms with Gasteiger partial charge in [0.25, 0.3) is 11.8 Å². The zero-order chi connectivity index (χ0) is 36.2. The minimum absolute atomic E-state index is 0.0960. The van der Waals surface area contributed by atoms with Crippen molar-refractivity contribution in [3.8, 4) is 44.9 Å². The molecule has 6 rings (SSSR count). The average Bonchev–Trinajstić information content (AvgIpc) is 3.13. The molecule has 0 bridgehead atoms. The predicted octanol–water partition coefficient (Wildman–Crippen LogP) is 5.68. The van der Waals surface area contributed by atoms with Crippen LogP contribution in [-0.2, 0) is 19.2 Å². The number of carboxylic acid groups (broad SMARTS) is 1. The molecule has 0 radical (unpaired) electrons. The third-order valence-electron chi connectivity index (χ3n) is 8.88. The molecule has 11 nitrogen and oxygen atoms in total. The second kappa shape index (κ2) is 15.5. The van der Waals surface area contributed by atoms with Gasteiger partial charge in [-0.2, -0.15) is 0 Å². The van der Waals surface area contributed by atoms with Crippen LogP contribution in [0.15, 0.2) is 72.8 Å². The lowest BCUT2D eigenvalue weighted by Gasteiger charge is -2.30. The van der Waals surface area contributed by atoms with E-state index >= 15 is 0 Å². The third kappa shape index (κ3) is 7.57. The minimum Gasteiger partial charge on any atom is -0.482 e. The van der Waals surface area contributed by atoms with Gasteiger partial charge < -0.3 is 39.8 Å². The number of carboxylic acids is 1. The number of fused-ring (bicyclic) bond motifs is 2. The maximum Gasteiger partial charge on any atom is 0.320 e. The maximum atomic E-state index is 12.7. The zero-order valence-electron chi connectivity index (χ0n) is 27.9. The molecule has 0 saturated heterocycles. The normalized spacial score (nSPS) is 15.0. The van der Waals surface area contributed by atoms with Crippen molar-refractivity contribution >= 4 is 58.6 Å². The molecule has 0 aliphatic carbocycles. The third-order valence-corrected chi connectivity index (χ3v) is 9.69. The van der Waals surface area contributed by atoms with Crippen LogP contribution in [0.2, 0.25) is 10.0 Å². The molecule has 2 aliphatic heterocycles. The Bertz CT molecular complexity index is 2010. The van der Waals surface area contributed by atoms with E-state index in [2.05, 4.69) is 10.6 Å². The standard InChI is InChI=1S/C38H36Cl2N4O7/c1-22(19-45)41-13-15-43-30-11-9-24(17-32(30)50-20-34(43)46)26-5-3-7-28(36(26)39)29-8-4-6-27(37(29)40)25-10-12-31-33(18-25)51-21-35(47)44(31)16-14-42-23(2)38(48)49/h3-12,17-19,22-23,41-42H,13-16,20-21H2,1-2H3,(H,48,49). The number of carbonyl (C=O) groups excluding carboxylic acids is 3. The highest BCUT2D eigenvalue weighted by molar-refractivity contribution is 6.39. The van der Waals surface area contributed by atoms with Crippen LogP contribution in [0.25, 0.3) is 33.4 Å². The van der Waals surface area contributed by atoms with Crippen LogP contribution in [0, 0.1) is 0 Å². The first-order valence-electron chi connectivity index (χ1n) is 16.4. The van der Waals surface area contributed by atoms with E-state index in [1.165, 1.54) is 0 Å². The van der Waals surface area contributed by atoms with Crippen molar-refractivity contribution in [3.05, 3.63) is 82.8 Å². The van der Waals surface area contributed by atoms with Gasteiger partial charge in [-0.05, 0) is 49.2 Å². The lowest BCUT2D eigenvalue weighted by atomic mass is 9.95. The summed E-state index contributed by atoms with van der Waals surface area (Å²) in [5, 5.41) is 16.1. The summed E-state index contributed by atoms with van der Waals surface area (Å²) in [7, 11) is 0. The van der Waals surface area contributed by atoms with Crippen molar-refractivity contribution in [1.82, 2.24) is 10.6 Å². The van der Waals surface area contributed by atoms with Crippen LogP contribution in [0.1, 0.15) is 13.8 Å². The molecule has 0 spiro atoms. The van der Waals surface area contributed by atoms with E-state index in [1.54, 1.807) is 29.7 Å². The van der Waals surface area contributed by atoms with E-state index in [-0.39, 0.29) is 37.6 Å². The van der Waals surface area contributed by atoms with Crippen LogP contribution in [0.4, 0.5) is 11.4 Å². The van der Waals surface area contributed by atoms with Crippen LogP contribution in [0.3, 0.4) is 0 Å². The fourth-order valence-electron chi connectivity index (χ4n) is 6.09. The fourth-order valence-corrected chi connectivity index (χ4v) is 6.77. The van der Waals surface area contributed by atoms with E-state index in [9.17, 15) is 19.2 Å². The molecule has 2 amide bonds. The lowest BCUT2D eigenvalue weighted by Crippen LogP contribution is -2.45. The summed E-state index contributed by atoms with van der Waals surface area (Å²) in [6.45, 7) is 4.48. The molecule has 2 heterocycles. The van der Waals surface area contributed by atoms with Gasteiger partial charge in [-0.1, -0.05) is 71.7 Å². The Morgan fingerprint density at radius 3 is 1.67 bits per heavy atom. The number of hydrogen-bond donors (Lipinski definition) is 3. The van der Waals surface area contributed by atoms with Crippen LogP contribution in [0.5, 0.6) is 11.5 Å². The van der Waals surface area contributed by atoms with Gasteiger partial charge in [0, 0.05) is 48.4 Å². The first-order chi connectivity index (χ1) is 24.6. The summed E-state index contributed by atoms with van der Waals surface area (Å²) in [4.78, 5) is 50.8. The number of aldehydes is 1. The number of halogens is 2. The molecular formula is C38H36Cl2N4O7. The second-order valence-electron chi connectivity index (χ2n) is 12.3. The highest BCUT2D eigenvalue weighted by atomic mass is 35.5. The number of hydrogen-bond acceptors (Lipinski definition) is 8. The molecule has 0 aromatic heterocycles. The summed E-state index contributed by atoms with van der Waals surface area (Å²) in [6.07, 6.45) is 0.818. The van der Waals surface area contributed by atoms with Gasteiger partial charge in [-0.15, -0.1) is 0 Å². The van der Waals surface area contributed by atoms with E-state index in [0.717, 1.165) is 39.7 Å². The number of ether oxygens (including phenoxy) is 2. The number of amides is 2. The largest absolute Gasteiger partial charge is 0.482 e. The maximum absolute atomic E-state index is 12.7. The highest BCUT2D eigenvalue weighted by Gasteiger charge is 2.28. The van der Waals surface area contributed by atoms with E-state index in [4.69, 9.17) is 37.8 Å². The molecule has 2 aliphatic rings. The van der Waals surface area contributed by atoms with Crippen molar-refractivity contribution in [2.45, 2.75) is 25.9 Å². The summed E-state index contributed by atoms with van der Waals surface area (Å²) >= 11 is 14.2.